The van der Waals surface area contributed by atoms with E-state index >= 15 is 0 Å². The van der Waals surface area contributed by atoms with Crippen molar-refractivity contribution in [3.63, 3.8) is 0 Å². The molecule has 0 bridgehead atoms. The molecule has 0 aliphatic heterocycles. The second-order valence-electron chi connectivity index (χ2n) is 3.72. The summed E-state index contributed by atoms with van der Waals surface area (Å²) < 4.78 is 0.497. The SMILES string of the molecule is O=C(Nc1cnc(Br)cn1)c1cc([N+](=O)[O-])cc(Cl)c1Cl. The van der Waals surface area contributed by atoms with Crippen LogP contribution in [0.1, 0.15) is 10.4 Å². The minimum absolute atomic E-state index is 0.0789. The van der Waals surface area contributed by atoms with Crippen LogP contribution in [-0.4, -0.2) is 20.8 Å². The van der Waals surface area contributed by atoms with Crippen LogP contribution >= 0.6 is 39.1 Å². The zero-order valence-electron chi connectivity index (χ0n) is 10.0. The van der Waals surface area contributed by atoms with Crippen LogP contribution in [0.4, 0.5) is 11.5 Å². The van der Waals surface area contributed by atoms with Crippen LogP contribution in [0.3, 0.4) is 0 Å². The van der Waals surface area contributed by atoms with Crippen molar-refractivity contribution in [2.24, 2.45) is 0 Å². The summed E-state index contributed by atoms with van der Waals surface area (Å²) in [6, 6.07) is 2.11. The molecule has 1 N–H and O–H groups in total. The Morgan fingerprint density at radius 2 is 2.00 bits per heavy atom. The summed E-state index contributed by atoms with van der Waals surface area (Å²) in [6.45, 7) is 0. The van der Waals surface area contributed by atoms with E-state index in [1.807, 2.05) is 0 Å². The van der Waals surface area contributed by atoms with Gasteiger partial charge in [-0.25, -0.2) is 9.97 Å². The molecule has 1 aromatic heterocycles. The van der Waals surface area contributed by atoms with E-state index in [9.17, 15) is 14.9 Å². The van der Waals surface area contributed by atoms with Crippen molar-refractivity contribution >= 4 is 56.5 Å². The summed E-state index contributed by atoms with van der Waals surface area (Å²) in [7, 11) is 0. The summed E-state index contributed by atoms with van der Waals surface area (Å²) in [6.07, 6.45) is 2.70. The Balaban J connectivity index is 2.34. The molecule has 1 amide bonds. The van der Waals surface area contributed by atoms with Crippen LogP contribution in [0, 0.1) is 10.1 Å². The number of carbonyl (C=O) groups excluding carboxylic acids is 1. The van der Waals surface area contributed by atoms with E-state index < -0.39 is 10.8 Å². The summed E-state index contributed by atoms with van der Waals surface area (Å²) in [5.41, 5.74) is -0.461. The molecule has 10 heteroatoms. The fraction of sp³-hybridized carbons (Fsp3) is 0. The quantitative estimate of drug-likeness (QED) is 0.635. The molecule has 0 atom stereocenters. The monoisotopic (exact) mass is 390 g/mol. The first-order valence-corrected chi connectivity index (χ1v) is 6.85. The van der Waals surface area contributed by atoms with Crippen LogP contribution < -0.4 is 5.32 Å². The standard InChI is InChI=1S/C11H5BrCl2N4O3/c12-8-3-16-9(4-15-8)17-11(19)6-1-5(18(20)21)2-7(13)10(6)14/h1-4H,(H,16,17,19). The van der Waals surface area contributed by atoms with E-state index in [2.05, 4.69) is 31.2 Å². The average molecular weight is 392 g/mol. The third kappa shape index (κ3) is 3.66. The molecule has 0 aliphatic rings. The molecule has 2 aromatic rings. The van der Waals surface area contributed by atoms with Crippen molar-refractivity contribution < 1.29 is 9.72 Å². The van der Waals surface area contributed by atoms with Crippen molar-refractivity contribution in [1.29, 1.82) is 0 Å². The van der Waals surface area contributed by atoms with E-state index in [-0.39, 0.29) is 27.1 Å². The average Bonchev–Trinajstić information content (AvgIpc) is 2.43. The number of benzene rings is 1. The molecular weight excluding hydrogens is 387 g/mol. The Hall–Kier alpha value is -1.77. The molecule has 2 rings (SSSR count). The Morgan fingerprint density at radius 1 is 1.29 bits per heavy atom. The summed E-state index contributed by atoms with van der Waals surface area (Å²) in [4.78, 5) is 30.0. The second-order valence-corrected chi connectivity index (χ2v) is 5.32. The minimum atomic E-state index is -0.678. The van der Waals surface area contributed by atoms with E-state index in [0.717, 1.165) is 12.1 Å². The predicted octanol–water partition coefficient (Wildman–Crippen LogP) is 3.71. The number of anilines is 1. The van der Waals surface area contributed by atoms with E-state index in [4.69, 9.17) is 23.2 Å². The molecule has 1 aromatic carbocycles. The second kappa shape index (κ2) is 6.33. The number of carbonyl (C=O) groups is 1. The molecule has 0 aliphatic carbocycles. The van der Waals surface area contributed by atoms with E-state index in [1.165, 1.54) is 12.4 Å². The van der Waals surface area contributed by atoms with Crippen LogP contribution in [0.15, 0.2) is 29.1 Å². The number of rotatable bonds is 3. The third-order valence-corrected chi connectivity index (χ3v) is 3.54. The largest absolute Gasteiger partial charge is 0.305 e. The van der Waals surface area contributed by atoms with Gasteiger partial charge in [0.05, 0.1) is 32.9 Å². The van der Waals surface area contributed by atoms with Crippen molar-refractivity contribution in [2.45, 2.75) is 0 Å². The van der Waals surface area contributed by atoms with Crippen LogP contribution in [-0.2, 0) is 0 Å². The topological polar surface area (TPSA) is 98.0 Å². The normalized spacial score (nSPS) is 10.2. The number of halogens is 3. The first kappa shape index (κ1) is 15.6. The number of nitro groups is 1. The number of hydrogen-bond donors (Lipinski definition) is 1. The Morgan fingerprint density at radius 3 is 2.57 bits per heavy atom. The van der Waals surface area contributed by atoms with Crippen molar-refractivity contribution in [3.8, 4) is 0 Å². The third-order valence-electron chi connectivity index (χ3n) is 2.33. The van der Waals surface area contributed by atoms with Gasteiger partial charge in [0.2, 0.25) is 0 Å². The van der Waals surface area contributed by atoms with E-state index in [1.54, 1.807) is 0 Å². The van der Waals surface area contributed by atoms with E-state index in [0.29, 0.717) is 4.60 Å². The maximum Gasteiger partial charge on any atom is 0.271 e. The maximum absolute atomic E-state index is 12.1. The van der Waals surface area contributed by atoms with Gasteiger partial charge in [-0.15, -0.1) is 0 Å². The number of nitro benzene ring substituents is 1. The number of aromatic nitrogens is 2. The highest BCUT2D eigenvalue weighted by atomic mass is 79.9. The molecule has 0 saturated carbocycles. The number of nitrogens with one attached hydrogen (secondary N) is 1. The number of hydrogen-bond acceptors (Lipinski definition) is 5. The first-order valence-electron chi connectivity index (χ1n) is 5.31. The lowest BCUT2D eigenvalue weighted by Gasteiger charge is -2.07. The minimum Gasteiger partial charge on any atom is -0.305 e. The van der Waals surface area contributed by atoms with Crippen LogP contribution in [0.25, 0.3) is 0 Å². The lowest BCUT2D eigenvalue weighted by Crippen LogP contribution is -2.14. The molecule has 108 valence electrons. The summed E-state index contributed by atoms with van der Waals surface area (Å²) >= 11 is 14.8. The van der Waals surface area contributed by atoms with Gasteiger partial charge in [0.15, 0.2) is 5.82 Å². The van der Waals surface area contributed by atoms with Crippen LogP contribution in [0.5, 0.6) is 0 Å². The first-order chi connectivity index (χ1) is 9.88. The lowest BCUT2D eigenvalue weighted by molar-refractivity contribution is -0.384. The van der Waals surface area contributed by atoms with Gasteiger partial charge in [-0.3, -0.25) is 14.9 Å². The molecule has 21 heavy (non-hydrogen) atoms. The van der Waals surface area contributed by atoms with Gasteiger partial charge in [-0.2, -0.15) is 0 Å². The van der Waals surface area contributed by atoms with Gasteiger partial charge < -0.3 is 5.32 Å². The van der Waals surface area contributed by atoms with Crippen LogP contribution in [0.2, 0.25) is 10.0 Å². The lowest BCUT2D eigenvalue weighted by atomic mass is 10.2. The Kier molecular flexibility index (Phi) is 4.71. The van der Waals surface area contributed by atoms with Gasteiger partial charge in [0.25, 0.3) is 11.6 Å². The zero-order chi connectivity index (χ0) is 15.6. The molecule has 0 radical (unpaired) electrons. The predicted molar refractivity (Wildman–Crippen MR) is 80.8 cm³/mol. The number of non-ortho nitro benzene ring substituents is 1. The molecule has 0 saturated heterocycles. The number of amides is 1. The summed E-state index contributed by atoms with van der Waals surface area (Å²) in [5.74, 6) is -0.510. The smallest absolute Gasteiger partial charge is 0.271 e. The molecule has 0 spiro atoms. The highest BCUT2D eigenvalue weighted by Gasteiger charge is 2.19. The highest BCUT2D eigenvalue weighted by molar-refractivity contribution is 9.10. The Labute approximate surface area is 136 Å². The molecule has 0 fully saturated rings. The zero-order valence-corrected chi connectivity index (χ0v) is 13.1. The van der Waals surface area contributed by atoms with Gasteiger partial charge in [-0.05, 0) is 15.9 Å². The number of nitrogens with zero attached hydrogens (tertiary/aromatic N) is 3. The van der Waals surface area contributed by atoms with Gasteiger partial charge in [0, 0.05) is 12.1 Å². The fourth-order valence-corrected chi connectivity index (χ4v) is 2.02. The van der Waals surface area contributed by atoms with Crippen molar-refractivity contribution in [3.05, 3.63) is 54.9 Å². The summed E-state index contributed by atoms with van der Waals surface area (Å²) in [5, 5.41) is 13.0. The van der Waals surface area contributed by atoms with Gasteiger partial charge in [0.1, 0.15) is 4.60 Å². The van der Waals surface area contributed by atoms with Crippen molar-refractivity contribution in [2.75, 3.05) is 5.32 Å². The fourth-order valence-electron chi connectivity index (χ4n) is 1.41. The molecule has 1 heterocycles. The van der Waals surface area contributed by atoms with Gasteiger partial charge >= 0.3 is 0 Å². The van der Waals surface area contributed by atoms with Gasteiger partial charge in [-0.1, -0.05) is 23.2 Å². The molecular formula is C11H5BrCl2N4O3. The maximum atomic E-state index is 12.1. The molecule has 0 unspecified atom stereocenters. The van der Waals surface area contributed by atoms with Crippen molar-refractivity contribution in [1.82, 2.24) is 9.97 Å². The highest BCUT2D eigenvalue weighted by Crippen LogP contribution is 2.31. The molecule has 7 nitrogen and oxygen atoms in total. The Bertz CT molecular complexity index is 724.